The van der Waals surface area contributed by atoms with Gasteiger partial charge in [0.15, 0.2) is 0 Å². The summed E-state index contributed by atoms with van der Waals surface area (Å²) in [5.74, 6) is 0.378. The summed E-state index contributed by atoms with van der Waals surface area (Å²) in [6, 6.07) is 9.01. The summed E-state index contributed by atoms with van der Waals surface area (Å²) >= 11 is 0. The third-order valence-corrected chi connectivity index (χ3v) is 3.46. The molecule has 0 saturated heterocycles. The molecule has 2 N–H and O–H groups in total. The number of benzene rings is 1. The molecule has 0 spiro atoms. The smallest absolute Gasteiger partial charge is 0.422 e. The van der Waals surface area contributed by atoms with E-state index in [-0.39, 0.29) is 13.2 Å². The molecule has 0 heterocycles. The maximum absolute atomic E-state index is 11.5. The Labute approximate surface area is 119 Å². The second-order valence-electron chi connectivity index (χ2n) is 4.74. The Balaban J connectivity index is 2.34. The Morgan fingerprint density at radius 2 is 1.90 bits per heavy atom. The molecule has 0 radical (unpaired) electrons. The molecule has 1 aromatic carbocycles. The summed E-state index contributed by atoms with van der Waals surface area (Å²) in [4.78, 5) is 11.4. The minimum absolute atomic E-state index is 0.0220. The predicted molar refractivity (Wildman–Crippen MR) is 76.1 cm³/mol. The van der Waals surface area contributed by atoms with Gasteiger partial charge in [-0.05, 0) is 17.9 Å². The molecule has 0 aromatic heterocycles. The van der Waals surface area contributed by atoms with Gasteiger partial charge in [-0.3, -0.25) is 0 Å². The lowest BCUT2D eigenvalue weighted by Crippen LogP contribution is -2.41. The Hall–Kier alpha value is -1.60. The van der Waals surface area contributed by atoms with E-state index >= 15 is 0 Å². The third-order valence-electron chi connectivity index (χ3n) is 2.44. The van der Waals surface area contributed by atoms with Gasteiger partial charge in [0.1, 0.15) is 6.61 Å². The molecule has 20 heavy (non-hydrogen) atoms. The molecular formula is C13H20N2O4S. The molecule has 0 aliphatic heterocycles. The summed E-state index contributed by atoms with van der Waals surface area (Å²) < 4.78 is 31.9. The van der Waals surface area contributed by atoms with Crippen molar-refractivity contribution in [3.8, 4) is 0 Å². The molecule has 1 aromatic rings. The van der Waals surface area contributed by atoms with Crippen LogP contribution >= 0.6 is 0 Å². The summed E-state index contributed by atoms with van der Waals surface area (Å²) in [6.07, 6.45) is -0.300. The highest BCUT2D eigenvalue weighted by Gasteiger charge is 2.14. The van der Waals surface area contributed by atoms with E-state index < -0.39 is 16.3 Å². The fourth-order valence-electron chi connectivity index (χ4n) is 1.38. The van der Waals surface area contributed by atoms with E-state index in [0.717, 1.165) is 5.56 Å². The van der Waals surface area contributed by atoms with Crippen LogP contribution < -0.4 is 9.44 Å². The van der Waals surface area contributed by atoms with Crippen LogP contribution in [0.5, 0.6) is 0 Å². The molecule has 0 bridgehead atoms. The molecule has 0 aliphatic rings. The van der Waals surface area contributed by atoms with Crippen molar-refractivity contribution < 1.29 is 17.9 Å². The van der Waals surface area contributed by atoms with Gasteiger partial charge in [-0.2, -0.15) is 13.1 Å². The Bertz CT molecular complexity index is 514. The maximum Gasteiger partial charge on any atom is 0.422 e. The Kier molecular flexibility index (Phi) is 6.47. The molecule has 1 rings (SSSR count). The lowest BCUT2D eigenvalue weighted by molar-refractivity contribution is 0.146. The fraction of sp³-hybridized carbons (Fsp3) is 0.462. The van der Waals surface area contributed by atoms with Gasteiger partial charge >= 0.3 is 16.3 Å². The van der Waals surface area contributed by atoms with Gasteiger partial charge in [0.2, 0.25) is 0 Å². The number of nitrogens with one attached hydrogen (secondary N) is 2. The zero-order chi connectivity index (χ0) is 15.0. The summed E-state index contributed by atoms with van der Waals surface area (Å²) in [5.41, 5.74) is 0.785. The molecular weight excluding hydrogens is 280 g/mol. The third kappa shape index (κ3) is 7.10. The minimum Gasteiger partial charge on any atom is -0.444 e. The van der Waals surface area contributed by atoms with E-state index in [1.165, 1.54) is 0 Å². The van der Waals surface area contributed by atoms with Crippen LogP contribution in [-0.4, -0.2) is 21.1 Å². The molecule has 0 saturated carbocycles. The lowest BCUT2D eigenvalue weighted by atomic mass is 10.1. The average Bonchev–Trinajstić information content (AvgIpc) is 2.36. The van der Waals surface area contributed by atoms with Crippen LogP contribution in [0, 0.1) is 5.92 Å². The van der Waals surface area contributed by atoms with Crippen LogP contribution in [0.2, 0.25) is 0 Å². The second kappa shape index (κ2) is 7.86. The highest BCUT2D eigenvalue weighted by Crippen LogP contribution is 2.01. The van der Waals surface area contributed by atoms with E-state index in [9.17, 15) is 13.2 Å². The number of hydrogen-bond donors (Lipinski definition) is 2. The molecule has 0 unspecified atom stereocenters. The van der Waals surface area contributed by atoms with Gasteiger partial charge in [-0.1, -0.05) is 44.2 Å². The van der Waals surface area contributed by atoms with Crippen molar-refractivity contribution in [3.63, 3.8) is 0 Å². The topological polar surface area (TPSA) is 84.5 Å². The standard InChI is InChI=1S/C13H20N2O4S/c1-11(2)8-9-14-20(17,18)15-13(16)19-10-12-6-4-3-5-7-12/h3-7,11,14H,8-10H2,1-2H3,(H,15,16). The van der Waals surface area contributed by atoms with E-state index in [0.29, 0.717) is 12.3 Å². The van der Waals surface area contributed by atoms with Crippen molar-refractivity contribution in [2.24, 2.45) is 5.92 Å². The highest BCUT2D eigenvalue weighted by atomic mass is 32.2. The van der Waals surface area contributed by atoms with Crippen LogP contribution in [0.4, 0.5) is 4.79 Å². The van der Waals surface area contributed by atoms with E-state index in [4.69, 9.17) is 4.74 Å². The number of carbonyl (C=O) groups is 1. The summed E-state index contributed by atoms with van der Waals surface area (Å²) in [5, 5.41) is 0. The first-order chi connectivity index (χ1) is 9.39. The average molecular weight is 300 g/mol. The number of ether oxygens (including phenoxy) is 1. The van der Waals surface area contributed by atoms with Crippen molar-refractivity contribution in [1.82, 2.24) is 9.44 Å². The molecule has 7 heteroatoms. The normalized spacial score (nSPS) is 11.3. The molecule has 1 amide bonds. The maximum atomic E-state index is 11.5. The van der Waals surface area contributed by atoms with Crippen molar-refractivity contribution in [1.29, 1.82) is 0 Å². The predicted octanol–water partition coefficient (Wildman–Crippen LogP) is 1.79. The SMILES string of the molecule is CC(C)CCNS(=O)(=O)NC(=O)OCc1ccccc1. The number of rotatable bonds is 7. The number of hydrogen-bond acceptors (Lipinski definition) is 4. The number of carbonyl (C=O) groups excluding carboxylic acids is 1. The van der Waals surface area contributed by atoms with E-state index in [2.05, 4.69) is 4.72 Å². The van der Waals surface area contributed by atoms with Crippen LogP contribution in [0.1, 0.15) is 25.8 Å². The summed E-state index contributed by atoms with van der Waals surface area (Å²) in [6.45, 7) is 4.26. The van der Waals surface area contributed by atoms with Gasteiger partial charge in [-0.25, -0.2) is 9.52 Å². The quantitative estimate of drug-likeness (QED) is 0.804. The molecule has 0 fully saturated rings. The van der Waals surface area contributed by atoms with Crippen LogP contribution in [0.15, 0.2) is 30.3 Å². The monoisotopic (exact) mass is 300 g/mol. The van der Waals surface area contributed by atoms with Gasteiger partial charge in [0.05, 0.1) is 0 Å². The van der Waals surface area contributed by atoms with Crippen molar-refractivity contribution in [2.45, 2.75) is 26.9 Å². The first-order valence-corrected chi connectivity index (χ1v) is 7.85. The van der Waals surface area contributed by atoms with Crippen LogP contribution in [-0.2, 0) is 21.6 Å². The first kappa shape index (κ1) is 16.5. The van der Waals surface area contributed by atoms with Gasteiger partial charge in [-0.15, -0.1) is 0 Å². The van der Waals surface area contributed by atoms with Crippen LogP contribution in [0.25, 0.3) is 0 Å². The lowest BCUT2D eigenvalue weighted by Gasteiger charge is -2.10. The zero-order valence-corrected chi connectivity index (χ0v) is 12.4. The Morgan fingerprint density at radius 1 is 1.25 bits per heavy atom. The van der Waals surface area contributed by atoms with Gasteiger partial charge in [0.25, 0.3) is 0 Å². The van der Waals surface area contributed by atoms with E-state index in [1.807, 2.05) is 19.9 Å². The molecule has 0 atom stereocenters. The van der Waals surface area contributed by atoms with Crippen molar-refractivity contribution in [3.05, 3.63) is 35.9 Å². The van der Waals surface area contributed by atoms with Gasteiger partial charge in [0, 0.05) is 6.54 Å². The molecule has 112 valence electrons. The fourth-order valence-corrected chi connectivity index (χ4v) is 2.12. The van der Waals surface area contributed by atoms with Crippen LogP contribution in [0.3, 0.4) is 0 Å². The van der Waals surface area contributed by atoms with E-state index in [1.54, 1.807) is 29.0 Å². The highest BCUT2D eigenvalue weighted by molar-refractivity contribution is 7.88. The summed E-state index contributed by atoms with van der Waals surface area (Å²) in [7, 11) is -3.86. The van der Waals surface area contributed by atoms with Crippen molar-refractivity contribution >= 4 is 16.3 Å². The minimum atomic E-state index is -3.86. The molecule has 0 aliphatic carbocycles. The second-order valence-corrected chi connectivity index (χ2v) is 6.24. The zero-order valence-electron chi connectivity index (χ0n) is 11.6. The molecule has 6 nitrogen and oxygen atoms in total. The Morgan fingerprint density at radius 3 is 2.50 bits per heavy atom. The largest absolute Gasteiger partial charge is 0.444 e. The number of amides is 1. The first-order valence-electron chi connectivity index (χ1n) is 6.37. The van der Waals surface area contributed by atoms with Gasteiger partial charge < -0.3 is 4.74 Å². The van der Waals surface area contributed by atoms with Crippen molar-refractivity contribution in [2.75, 3.05) is 6.54 Å².